The van der Waals surface area contributed by atoms with Crippen LogP contribution in [0.3, 0.4) is 0 Å². The monoisotopic (exact) mass is 307 g/mol. The maximum atomic E-state index is 12.4. The van der Waals surface area contributed by atoms with Crippen LogP contribution in [0.15, 0.2) is 11.8 Å². The van der Waals surface area contributed by atoms with Crippen LogP contribution in [0.5, 0.6) is 0 Å². The number of hydrogen-bond donors (Lipinski definition) is 0. The van der Waals surface area contributed by atoms with Crippen molar-refractivity contribution in [2.75, 3.05) is 6.54 Å². The lowest BCUT2D eigenvalue weighted by Gasteiger charge is -2.28. The van der Waals surface area contributed by atoms with Gasteiger partial charge in [-0.15, -0.1) is 5.54 Å². The molecule has 0 atom stereocenters. The van der Waals surface area contributed by atoms with E-state index in [0.717, 1.165) is 25.0 Å². The van der Waals surface area contributed by atoms with Gasteiger partial charge in [0.25, 0.3) is 0 Å². The van der Waals surface area contributed by atoms with Crippen molar-refractivity contribution in [3.05, 3.63) is 11.8 Å². The van der Waals surface area contributed by atoms with Crippen molar-refractivity contribution >= 4 is 14.2 Å². The molecule has 0 saturated carbocycles. The lowest BCUT2D eigenvalue weighted by molar-refractivity contribution is 0.0317. The molecule has 0 aromatic carbocycles. The summed E-state index contributed by atoms with van der Waals surface area (Å²) in [5.41, 5.74) is 3.71. The molecular formula is C17H29NO2Si. The standard InChI is InChI=1S/C17H29NO2Si/c1-17(2,3)20-16(19)18-13-10-8-7-9-11-15(18)12-14-21(4,5)6/h11H,7-10,13H2,1-6H3/b15-11-. The Morgan fingerprint density at radius 1 is 1.24 bits per heavy atom. The Bertz CT molecular complexity index is 458. The van der Waals surface area contributed by atoms with E-state index < -0.39 is 13.7 Å². The lowest BCUT2D eigenvalue weighted by atomic mass is 10.1. The fourth-order valence-electron chi connectivity index (χ4n) is 1.94. The molecule has 0 aromatic heterocycles. The number of amides is 1. The minimum absolute atomic E-state index is 0.277. The molecule has 3 nitrogen and oxygen atoms in total. The summed E-state index contributed by atoms with van der Waals surface area (Å²) < 4.78 is 5.53. The van der Waals surface area contributed by atoms with E-state index in [0.29, 0.717) is 6.54 Å². The van der Waals surface area contributed by atoms with Gasteiger partial charge in [-0.3, -0.25) is 4.90 Å². The normalized spacial score (nSPS) is 19.5. The van der Waals surface area contributed by atoms with Crippen LogP contribution in [-0.4, -0.2) is 31.2 Å². The fourth-order valence-corrected chi connectivity index (χ4v) is 2.44. The lowest BCUT2D eigenvalue weighted by Crippen LogP contribution is -2.37. The number of ether oxygens (including phenoxy) is 1. The van der Waals surface area contributed by atoms with Crippen LogP contribution in [-0.2, 0) is 4.74 Å². The van der Waals surface area contributed by atoms with E-state index in [2.05, 4.69) is 37.2 Å². The molecule has 1 rings (SSSR count). The molecule has 1 amide bonds. The number of allylic oxidation sites excluding steroid dienone is 2. The van der Waals surface area contributed by atoms with Crippen LogP contribution in [0.1, 0.15) is 46.5 Å². The first-order valence-electron chi connectivity index (χ1n) is 7.82. The largest absolute Gasteiger partial charge is 0.443 e. The van der Waals surface area contributed by atoms with Crippen LogP contribution in [0.2, 0.25) is 19.6 Å². The molecule has 0 unspecified atom stereocenters. The van der Waals surface area contributed by atoms with Crippen molar-refractivity contribution in [3.63, 3.8) is 0 Å². The maximum absolute atomic E-state index is 12.4. The highest BCUT2D eigenvalue weighted by Crippen LogP contribution is 2.18. The van der Waals surface area contributed by atoms with E-state index >= 15 is 0 Å². The molecule has 4 heteroatoms. The summed E-state index contributed by atoms with van der Waals surface area (Å²) >= 11 is 0. The average molecular weight is 308 g/mol. The SMILES string of the molecule is CC(C)(C)OC(=O)N1CCCCC/C=C\1C#C[Si](C)(C)C. The van der Waals surface area contributed by atoms with Gasteiger partial charge in [0.15, 0.2) is 0 Å². The van der Waals surface area contributed by atoms with E-state index in [1.807, 2.05) is 20.8 Å². The van der Waals surface area contributed by atoms with Gasteiger partial charge in [0.05, 0.1) is 5.70 Å². The zero-order valence-corrected chi connectivity index (χ0v) is 15.4. The summed E-state index contributed by atoms with van der Waals surface area (Å²) in [7, 11) is -1.46. The number of rotatable bonds is 0. The molecule has 21 heavy (non-hydrogen) atoms. The van der Waals surface area contributed by atoms with E-state index in [4.69, 9.17) is 4.74 Å². The smallest absolute Gasteiger partial charge is 0.415 e. The van der Waals surface area contributed by atoms with E-state index in [9.17, 15) is 4.79 Å². The van der Waals surface area contributed by atoms with Gasteiger partial charge in [-0.25, -0.2) is 4.79 Å². The summed E-state index contributed by atoms with van der Waals surface area (Å²) in [4.78, 5) is 14.1. The molecular weight excluding hydrogens is 278 g/mol. The Balaban J connectivity index is 2.99. The van der Waals surface area contributed by atoms with Gasteiger partial charge < -0.3 is 4.74 Å². The second-order valence-corrected chi connectivity index (χ2v) is 12.3. The van der Waals surface area contributed by atoms with Crippen molar-refractivity contribution in [2.24, 2.45) is 0 Å². The number of carbonyl (C=O) groups is 1. The number of carbonyl (C=O) groups excluding carboxylic acids is 1. The summed E-state index contributed by atoms with van der Waals surface area (Å²) in [5.74, 6) is 3.24. The van der Waals surface area contributed by atoms with E-state index in [1.54, 1.807) is 4.90 Å². The highest BCUT2D eigenvalue weighted by atomic mass is 28.3. The van der Waals surface area contributed by atoms with Gasteiger partial charge in [0, 0.05) is 6.54 Å². The highest BCUT2D eigenvalue weighted by molar-refractivity contribution is 6.83. The third-order valence-electron chi connectivity index (χ3n) is 2.89. The van der Waals surface area contributed by atoms with Crippen LogP contribution < -0.4 is 0 Å². The Morgan fingerprint density at radius 3 is 2.48 bits per heavy atom. The van der Waals surface area contributed by atoms with Crippen LogP contribution in [0, 0.1) is 11.5 Å². The van der Waals surface area contributed by atoms with Gasteiger partial charge in [0.1, 0.15) is 13.7 Å². The van der Waals surface area contributed by atoms with E-state index in [1.165, 1.54) is 6.42 Å². The Kier molecular flexibility index (Phi) is 6.09. The van der Waals surface area contributed by atoms with Gasteiger partial charge in [-0.2, -0.15) is 0 Å². The molecule has 0 radical (unpaired) electrons. The molecule has 118 valence electrons. The predicted molar refractivity (Wildman–Crippen MR) is 90.6 cm³/mol. The molecule has 0 saturated heterocycles. The summed E-state index contributed by atoms with van der Waals surface area (Å²) in [6.45, 7) is 13.0. The van der Waals surface area contributed by atoms with Crippen molar-refractivity contribution in [3.8, 4) is 11.5 Å². The molecule has 0 fully saturated rings. The predicted octanol–water partition coefficient (Wildman–Crippen LogP) is 4.56. The molecule has 0 N–H and O–H groups in total. The first-order valence-corrected chi connectivity index (χ1v) is 11.3. The first kappa shape index (κ1) is 17.8. The van der Waals surface area contributed by atoms with Crippen molar-refractivity contribution in [1.82, 2.24) is 4.90 Å². The van der Waals surface area contributed by atoms with Gasteiger partial charge in [-0.05, 0) is 40.0 Å². The minimum Gasteiger partial charge on any atom is -0.443 e. The summed E-state index contributed by atoms with van der Waals surface area (Å²) in [5, 5.41) is 0. The Hall–Kier alpha value is -1.21. The highest BCUT2D eigenvalue weighted by Gasteiger charge is 2.24. The van der Waals surface area contributed by atoms with Crippen molar-refractivity contribution in [2.45, 2.75) is 71.7 Å². The molecule has 1 aliphatic heterocycles. The van der Waals surface area contributed by atoms with Gasteiger partial charge in [0.2, 0.25) is 0 Å². The molecule has 0 aliphatic carbocycles. The fraction of sp³-hybridized carbons (Fsp3) is 0.706. The second kappa shape index (κ2) is 7.17. The second-order valence-electron chi connectivity index (χ2n) is 7.57. The Morgan fingerprint density at radius 2 is 1.90 bits per heavy atom. The maximum Gasteiger partial charge on any atom is 0.415 e. The third-order valence-corrected chi connectivity index (χ3v) is 3.77. The van der Waals surface area contributed by atoms with Gasteiger partial charge >= 0.3 is 6.09 Å². The topological polar surface area (TPSA) is 29.5 Å². The zero-order valence-electron chi connectivity index (χ0n) is 14.4. The summed E-state index contributed by atoms with van der Waals surface area (Å²) in [6.07, 6.45) is 6.11. The molecule has 0 spiro atoms. The average Bonchev–Trinajstić information content (AvgIpc) is 2.23. The number of hydrogen-bond acceptors (Lipinski definition) is 2. The van der Waals surface area contributed by atoms with Crippen LogP contribution >= 0.6 is 0 Å². The van der Waals surface area contributed by atoms with Crippen molar-refractivity contribution < 1.29 is 9.53 Å². The first-order chi connectivity index (χ1) is 9.58. The minimum atomic E-state index is -1.46. The quantitative estimate of drug-likeness (QED) is 0.485. The zero-order chi connectivity index (χ0) is 16.1. The Labute approximate surface area is 130 Å². The molecule has 0 bridgehead atoms. The van der Waals surface area contributed by atoms with E-state index in [-0.39, 0.29) is 6.09 Å². The third kappa shape index (κ3) is 7.38. The molecule has 1 heterocycles. The van der Waals surface area contributed by atoms with Crippen LogP contribution in [0.4, 0.5) is 4.79 Å². The van der Waals surface area contributed by atoms with Crippen molar-refractivity contribution in [1.29, 1.82) is 0 Å². The van der Waals surface area contributed by atoms with Crippen LogP contribution in [0.25, 0.3) is 0 Å². The molecule has 1 aliphatic rings. The number of nitrogens with zero attached hydrogens (tertiary/aromatic N) is 1. The summed E-state index contributed by atoms with van der Waals surface area (Å²) in [6, 6.07) is 0. The molecule has 0 aromatic rings. The van der Waals surface area contributed by atoms with Gasteiger partial charge in [-0.1, -0.05) is 38.1 Å².